The Bertz CT molecular complexity index is 1340. The average molecular weight is 503 g/mol. The molecule has 2 unspecified atom stereocenters. The first-order chi connectivity index (χ1) is 15.9. The molecule has 7 rings (SSSR count). The highest BCUT2D eigenvalue weighted by molar-refractivity contribution is 9.10. The summed E-state index contributed by atoms with van der Waals surface area (Å²) in [6.45, 7) is 2.05. The molecule has 2 amide bonds. The number of halogens is 1. The predicted octanol–water partition coefficient (Wildman–Crippen LogP) is 5.32. The molecule has 33 heavy (non-hydrogen) atoms. The van der Waals surface area contributed by atoms with Crippen LogP contribution in [0.25, 0.3) is 0 Å². The molecule has 2 bridgehead atoms. The van der Waals surface area contributed by atoms with Gasteiger partial charge in [-0.3, -0.25) is 19.7 Å². The van der Waals surface area contributed by atoms with Crippen molar-refractivity contribution >= 4 is 39.1 Å². The lowest BCUT2D eigenvalue weighted by molar-refractivity contribution is -0.384. The smallest absolute Gasteiger partial charge is 0.274 e. The van der Waals surface area contributed by atoms with Gasteiger partial charge in [-0.2, -0.15) is 0 Å². The van der Waals surface area contributed by atoms with E-state index < -0.39 is 22.2 Å². The van der Waals surface area contributed by atoms with E-state index in [1.165, 1.54) is 12.1 Å². The minimum Gasteiger partial charge on any atom is -0.274 e. The summed E-state index contributed by atoms with van der Waals surface area (Å²) in [6.07, 6.45) is 0.643. The first kappa shape index (κ1) is 20.3. The summed E-state index contributed by atoms with van der Waals surface area (Å²) in [5.74, 6) is -2.17. The van der Waals surface area contributed by atoms with Gasteiger partial charge >= 0.3 is 0 Å². The van der Waals surface area contributed by atoms with Crippen LogP contribution in [-0.2, 0) is 15.0 Å². The number of rotatable bonds is 3. The Morgan fingerprint density at radius 3 is 2.15 bits per heavy atom. The molecule has 1 saturated heterocycles. The number of hydrogen-bond acceptors (Lipinski definition) is 4. The van der Waals surface area contributed by atoms with E-state index in [0.717, 1.165) is 27.2 Å². The molecule has 3 aliphatic carbocycles. The van der Waals surface area contributed by atoms with E-state index in [9.17, 15) is 19.7 Å². The lowest BCUT2D eigenvalue weighted by Gasteiger charge is -2.54. The second-order valence-electron chi connectivity index (χ2n) is 8.88. The first-order valence-electron chi connectivity index (χ1n) is 10.9. The van der Waals surface area contributed by atoms with Gasteiger partial charge in [0.2, 0.25) is 11.8 Å². The van der Waals surface area contributed by atoms with Crippen molar-refractivity contribution in [1.29, 1.82) is 0 Å². The number of nitrogens with zero attached hydrogens (tertiary/aromatic N) is 2. The number of nitro benzene ring substituents is 1. The third kappa shape index (κ3) is 2.38. The number of anilines is 1. The fraction of sp³-hybridized carbons (Fsp3) is 0.231. The number of hydrogen-bond donors (Lipinski definition) is 0. The van der Waals surface area contributed by atoms with E-state index in [1.807, 2.05) is 24.3 Å². The highest BCUT2D eigenvalue weighted by Crippen LogP contribution is 2.65. The average Bonchev–Trinajstić information content (AvgIpc) is 3.10. The van der Waals surface area contributed by atoms with Crippen LogP contribution in [0.15, 0.2) is 71.2 Å². The van der Waals surface area contributed by atoms with Crippen LogP contribution in [0.5, 0.6) is 0 Å². The second kappa shape index (κ2) is 6.84. The van der Waals surface area contributed by atoms with Gasteiger partial charge in [-0.05, 0) is 40.8 Å². The van der Waals surface area contributed by atoms with E-state index in [2.05, 4.69) is 47.1 Å². The molecule has 6 nitrogen and oxygen atoms in total. The molecule has 164 valence electrons. The van der Waals surface area contributed by atoms with Gasteiger partial charge in [0.05, 0.1) is 16.8 Å². The van der Waals surface area contributed by atoms with Gasteiger partial charge in [-0.15, -0.1) is 0 Å². The fourth-order valence-corrected chi connectivity index (χ4v) is 6.95. The van der Waals surface area contributed by atoms with Crippen molar-refractivity contribution in [1.82, 2.24) is 0 Å². The summed E-state index contributed by atoms with van der Waals surface area (Å²) in [5, 5.41) is 11.8. The Labute approximate surface area is 198 Å². The summed E-state index contributed by atoms with van der Waals surface area (Å²) in [5.41, 5.74) is 3.44. The molecule has 0 N–H and O–H groups in total. The molecule has 1 fully saturated rings. The summed E-state index contributed by atoms with van der Waals surface area (Å²) in [4.78, 5) is 40.3. The highest BCUT2D eigenvalue weighted by atomic mass is 79.9. The molecular weight excluding hydrogens is 484 g/mol. The summed E-state index contributed by atoms with van der Waals surface area (Å²) in [6, 6.07) is 20.6. The SMILES string of the molecule is CCC12c3ccccc3C(c3ccccc31)C1C(=O)N(c3ccc(Br)cc3[N+](=O)[O-])C(=O)C12. The molecule has 3 aromatic rings. The molecule has 0 aromatic heterocycles. The van der Waals surface area contributed by atoms with Gasteiger partial charge in [0.1, 0.15) is 5.69 Å². The molecule has 0 radical (unpaired) electrons. The van der Waals surface area contributed by atoms with Crippen molar-refractivity contribution in [3.05, 3.63) is 104 Å². The van der Waals surface area contributed by atoms with Crippen molar-refractivity contribution in [2.75, 3.05) is 4.90 Å². The standard InChI is InChI=1S/C26H19BrN2O4/c1-2-26-17-9-5-3-7-15(17)21(16-8-4-6-10-18(16)26)22-23(26)25(31)28(24(22)30)19-12-11-14(27)13-20(19)29(32)33/h3-13,21-23H,2H2,1H3. The number of amides is 2. The van der Waals surface area contributed by atoms with Crippen LogP contribution in [0.1, 0.15) is 41.5 Å². The van der Waals surface area contributed by atoms with Crippen molar-refractivity contribution in [2.45, 2.75) is 24.7 Å². The molecule has 0 saturated carbocycles. The summed E-state index contributed by atoms with van der Waals surface area (Å²) >= 11 is 3.26. The minimum atomic E-state index is -0.655. The minimum absolute atomic E-state index is 0.0337. The Balaban J connectivity index is 1.63. The third-order valence-electron chi connectivity index (χ3n) is 7.73. The predicted molar refractivity (Wildman–Crippen MR) is 126 cm³/mol. The Hall–Kier alpha value is -3.32. The number of benzene rings is 3. The van der Waals surface area contributed by atoms with Crippen LogP contribution < -0.4 is 4.90 Å². The number of carbonyl (C=O) groups is 2. The van der Waals surface area contributed by atoms with Crippen LogP contribution in [0, 0.1) is 22.0 Å². The maximum absolute atomic E-state index is 14.1. The Morgan fingerprint density at radius 1 is 0.970 bits per heavy atom. The van der Waals surface area contributed by atoms with Crippen molar-refractivity contribution in [3.8, 4) is 0 Å². The second-order valence-corrected chi connectivity index (χ2v) is 9.80. The zero-order valence-electron chi connectivity index (χ0n) is 17.7. The molecule has 3 aromatic carbocycles. The van der Waals surface area contributed by atoms with E-state index >= 15 is 0 Å². The normalized spacial score (nSPS) is 26.7. The lowest BCUT2D eigenvalue weighted by Crippen LogP contribution is -2.53. The fourth-order valence-electron chi connectivity index (χ4n) is 6.60. The van der Waals surface area contributed by atoms with Crippen LogP contribution >= 0.6 is 15.9 Å². The van der Waals surface area contributed by atoms with Crippen LogP contribution in [0.2, 0.25) is 0 Å². The molecule has 4 aliphatic rings. The molecule has 0 spiro atoms. The molecule has 2 atom stereocenters. The van der Waals surface area contributed by atoms with Gasteiger partial charge in [0.25, 0.3) is 5.69 Å². The van der Waals surface area contributed by atoms with E-state index in [0.29, 0.717) is 10.9 Å². The van der Waals surface area contributed by atoms with Crippen LogP contribution in [-0.4, -0.2) is 16.7 Å². The third-order valence-corrected chi connectivity index (χ3v) is 8.22. The Kier molecular flexibility index (Phi) is 4.21. The quantitative estimate of drug-likeness (QED) is 0.275. The van der Waals surface area contributed by atoms with Gasteiger partial charge < -0.3 is 0 Å². The molecular formula is C26H19BrN2O4. The number of carbonyl (C=O) groups excluding carboxylic acids is 2. The summed E-state index contributed by atoms with van der Waals surface area (Å²) < 4.78 is 0.513. The Morgan fingerprint density at radius 2 is 1.58 bits per heavy atom. The van der Waals surface area contributed by atoms with Crippen molar-refractivity contribution in [3.63, 3.8) is 0 Å². The molecule has 1 heterocycles. The topological polar surface area (TPSA) is 80.5 Å². The maximum atomic E-state index is 14.1. The van der Waals surface area contributed by atoms with Crippen LogP contribution in [0.4, 0.5) is 11.4 Å². The maximum Gasteiger partial charge on any atom is 0.294 e. The summed E-state index contributed by atoms with van der Waals surface area (Å²) in [7, 11) is 0. The lowest BCUT2D eigenvalue weighted by atomic mass is 9.46. The van der Waals surface area contributed by atoms with Crippen molar-refractivity contribution in [2.24, 2.45) is 11.8 Å². The number of imide groups is 1. The largest absolute Gasteiger partial charge is 0.294 e. The zero-order chi connectivity index (χ0) is 23.1. The van der Waals surface area contributed by atoms with Crippen LogP contribution in [0.3, 0.4) is 0 Å². The van der Waals surface area contributed by atoms with Gasteiger partial charge in [-0.25, -0.2) is 4.90 Å². The molecule has 1 aliphatic heterocycles. The molecule has 7 heteroatoms. The van der Waals surface area contributed by atoms with Crippen molar-refractivity contribution < 1.29 is 14.5 Å². The van der Waals surface area contributed by atoms with E-state index in [4.69, 9.17) is 0 Å². The van der Waals surface area contributed by atoms with E-state index in [1.54, 1.807) is 6.07 Å². The number of nitro groups is 1. The monoisotopic (exact) mass is 502 g/mol. The highest BCUT2D eigenvalue weighted by Gasteiger charge is 2.67. The first-order valence-corrected chi connectivity index (χ1v) is 11.7. The van der Waals surface area contributed by atoms with E-state index in [-0.39, 0.29) is 29.1 Å². The zero-order valence-corrected chi connectivity index (χ0v) is 19.3. The van der Waals surface area contributed by atoms with Gasteiger partial charge in [0.15, 0.2) is 0 Å². The van der Waals surface area contributed by atoms with Gasteiger partial charge in [0, 0.05) is 21.9 Å². The van der Waals surface area contributed by atoms with Gasteiger partial charge in [-0.1, -0.05) is 71.4 Å².